The highest BCUT2D eigenvalue weighted by atomic mass is 32.1. The molecule has 0 amide bonds. The van der Waals surface area contributed by atoms with Crippen LogP contribution in [0.3, 0.4) is 0 Å². The first-order chi connectivity index (χ1) is 10.4. The van der Waals surface area contributed by atoms with Gasteiger partial charge in [-0.05, 0) is 24.1 Å². The summed E-state index contributed by atoms with van der Waals surface area (Å²) in [5, 5.41) is 11.8. The molecule has 1 fully saturated rings. The van der Waals surface area contributed by atoms with Crippen molar-refractivity contribution >= 4 is 11.3 Å². The number of thiazole rings is 1. The fourth-order valence-corrected chi connectivity index (χ4v) is 3.37. The Morgan fingerprint density at radius 2 is 2.00 bits per heavy atom. The Kier molecular flexibility index (Phi) is 4.20. The van der Waals surface area contributed by atoms with Crippen LogP contribution < -0.4 is 0 Å². The number of rotatable bonds is 3. The van der Waals surface area contributed by atoms with Crippen molar-refractivity contribution in [3.8, 4) is 0 Å². The van der Waals surface area contributed by atoms with Gasteiger partial charge in [-0.3, -0.25) is 4.90 Å². The van der Waals surface area contributed by atoms with Crippen molar-refractivity contribution in [3.05, 3.63) is 52.0 Å². The highest BCUT2D eigenvalue weighted by Crippen LogP contribution is 2.35. The first-order valence-corrected chi connectivity index (χ1v) is 7.84. The predicted molar refractivity (Wildman–Crippen MR) is 77.3 cm³/mol. The number of alkyl halides is 3. The van der Waals surface area contributed by atoms with Crippen LogP contribution in [0.2, 0.25) is 0 Å². The molecule has 0 bridgehead atoms. The van der Waals surface area contributed by atoms with Crippen LogP contribution in [-0.4, -0.2) is 27.6 Å². The fourth-order valence-electron chi connectivity index (χ4n) is 2.82. The Labute approximate surface area is 130 Å². The lowest BCUT2D eigenvalue weighted by Crippen LogP contribution is -2.24. The zero-order valence-corrected chi connectivity index (χ0v) is 12.4. The normalized spacial score (nSPS) is 23.1. The van der Waals surface area contributed by atoms with Gasteiger partial charge < -0.3 is 5.11 Å². The van der Waals surface area contributed by atoms with Gasteiger partial charge in [-0.25, -0.2) is 4.98 Å². The Hall–Kier alpha value is -1.44. The number of halogens is 3. The molecule has 2 heterocycles. The standard InChI is InChI=1S/C15H15F3N2OS/c16-15(17,18)11-3-1-10(2-4-11)14-5-13(21)7-20(14)6-12-8-22-9-19-12/h1-4,8-9,13-14,21H,5-7H2. The van der Waals surface area contributed by atoms with Crippen LogP contribution in [-0.2, 0) is 12.7 Å². The Morgan fingerprint density at radius 3 is 2.59 bits per heavy atom. The summed E-state index contributed by atoms with van der Waals surface area (Å²) < 4.78 is 37.9. The summed E-state index contributed by atoms with van der Waals surface area (Å²) in [6, 6.07) is 5.11. The van der Waals surface area contributed by atoms with Gasteiger partial charge in [0.05, 0.1) is 22.9 Å². The molecule has 118 valence electrons. The van der Waals surface area contributed by atoms with E-state index in [4.69, 9.17) is 0 Å². The van der Waals surface area contributed by atoms with Gasteiger partial charge in [0, 0.05) is 24.5 Å². The third kappa shape index (κ3) is 3.31. The van der Waals surface area contributed by atoms with Crippen molar-refractivity contribution in [1.82, 2.24) is 9.88 Å². The molecule has 2 aromatic rings. The summed E-state index contributed by atoms with van der Waals surface area (Å²) in [6.45, 7) is 1.09. The minimum absolute atomic E-state index is 0.0843. The third-order valence-corrected chi connectivity index (χ3v) is 4.49. The number of benzene rings is 1. The molecular formula is C15H15F3N2OS. The zero-order valence-electron chi connectivity index (χ0n) is 11.6. The van der Waals surface area contributed by atoms with E-state index in [-0.39, 0.29) is 6.04 Å². The zero-order chi connectivity index (χ0) is 15.7. The molecule has 0 saturated carbocycles. The van der Waals surface area contributed by atoms with Gasteiger partial charge in [0.25, 0.3) is 0 Å². The van der Waals surface area contributed by atoms with Crippen LogP contribution in [0.4, 0.5) is 13.2 Å². The van der Waals surface area contributed by atoms with Crippen LogP contribution in [0, 0.1) is 0 Å². The van der Waals surface area contributed by atoms with E-state index in [2.05, 4.69) is 9.88 Å². The average Bonchev–Trinajstić information content (AvgIpc) is 3.08. The lowest BCUT2D eigenvalue weighted by molar-refractivity contribution is -0.137. The highest BCUT2D eigenvalue weighted by molar-refractivity contribution is 7.07. The Bertz CT molecular complexity index is 613. The summed E-state index contributed by atoms with van der Waals surface area (Å²) in [6.07, 6.45) is -4.27. The van der Waals surface area contributed by atoms with Crippen molar-refractivity contribution in [3.63, 3.8) is 0 Å². The lowest BCUT2D eigenvalue weighted by Gasteiger charge is -2.24. The molecule has 2 unspecified atom stereocenters. The van der Waals surface area contributed by atoms with Gasteiger partial charge in [0.1, 0.15) is 0 Å². The van der Waals surface area contributed by atoms with Gasteiger partial charge in [0.2, 0.25) is 0 Å². The van der Waals surface area contributed by atoms with E-state index in [1.165, 1.54) is 23.5 Å². The van der Waals surface area contributed by atoms with Gasteiger partial charge in [0.15, 0.2) is 0 Å². The molecule has 1 aliphatic heterocycles. The summed E-state index contributed by atoms with van der Waals surface area (Å²) in [4.78, 5) is 6.28. The van der Waals surface area contributed by atoms with E-state index >= 15 is 0 Å². The van der Waals surface area contributed by atoms with Crippen molar-refractivity contribution < 1.29 is 18.3 Å². The lowest BCUT2D eigenvalue weighted by atomic mass is 10.0. The number of aromatic nitrogens is 1. The van der Waals surface area contributed by atoms with Crippen LogP contribution in [0.25, 0.3) is 0 Å². The summed E-state index contributed by atoms with van der Waals surface area (Å²) in [5.41, 5.74) is 2.80. The van der Waals surface area contributed by atoms with Crippen LogP contribution >= 0.6 is 11.3 Å². The van der Waals surface area contributed by atoms with Gasteiger partial charge in [-0.2, -0.15) is 13.2 Å². The highest BCUT2D eigenvalue weighted by Gasteiger charge is 2.34. The number of aliphatic hydroxyl groups excluding tert-OH is 1. The second-order valence-corrected chi connectivity index (χ2v) is 6.15. The molecule has 2 atom stereocenters. The average molecular weight is 328 g/mol. The molecule has 1 saturated heterocycles. The van der Waals surface area contributed by atoms with E-state index in [1.54, 1.807) is 5.51 Å². The van der Waals surface area contributed by atoms with Gasteiger partial charge in [-0.15, -0.1) is 11.3 Å². The van der Waals surface area contributed by atoms with Gasteiger partial charge in [-0.1, -0.05) is 12.1 Å². The summed E-state index contributed by atoms with van der Waals surface area (Å²) >= 11 is 1.50. The number of hydrogen-bond acceptors (Lipinski definition) is 4. The molecule has 0 spiro atoms. The maximum Gasteiger partial charge on any atom is 0.416 e. The molecule has 1 aliphatic rings. The number of likely N-dealkylation sites (tertiary alicyclic amines) is 1. The largest absolute Gasteiger partial charge is 0.416 e. The van der Waals surface area contributed by atoms with Crippen molar-refractivity contribution in [2.24, 2.45) is 0 Å². The summed E-state index contributed by atoms with van der Waals surface area (Å²) in [5.74, 6) is 0. The van der Waals surface area contributed by atoms with Crippen LogP contribution in [0.1, 0.15) is 29.3 Å². The fraction of sp³-hybridized carbons (Fsp3) is 0.400. The van der Waals surface area contributed by atoms with E-state index in [1.807, 2.05) is 5.38 Å². The minimum Gasteiger partial charge on any atom is -0.392 e. The molecule has 1 aromatic heterocycles. The number of aliphatic hydroxyl groups is 1. The maximum absolute atomic E-state index is 12.6. The molecular weight excluding hydrogens is 313 g/mol. The molecule has 0 aliphatic carbocycles. The molecule has 0 radical (unpaired) electrons. The van der Waals surface area contributed by atoms with E-state index in [9.17, 15) is 18.3 Å². The van der Waals surface area contributed by atoms with Crippen LogP contribution in [0.15, 0.2) is 35.2 Å². The topological polar surface area (TPSA) is 36.4 Å². The molecule has 3 nitrogen and oxygen atoms in total. The van der Waals surface area contributed by atoms with E-state index < -0.39 is 17.8 Å². The monoisotopic (exact) mass is 328 g/mol. The quantitative estimate of drug-likeness (QED) is 0.937. The smallest absolute Gasteiger partial charge is 0.392 e. The number of β-amino-alcohol motifs (C(OH)–C–C–N with tert-alkyl or cyclic N) is 1. The summed E-state index contributed by atoms with van der Waals surface area (Å²) in [7, 11) is 0. The second-order valence-electron chi connectivity index (χ2n) is 5.43. The first kappa shape index (κ1) is 15.5. The Balaban J connectivity index is 1.79. The Morgan fingerprint density at radius 1 is 1.27 bits per heavy atom. The second kappa shape index (κ2) is 5.98. The van der Waals surface area contributed by atoms with Crippen molar-refractivity contribution in [1.29, 1.82) is 0 Å². The number of hydrogen-bond donors (Lipinski definition) is 1. The van der Waals surface area contributed by atoms with Crippen LogP contribution in [0.5, 0.6) is 0 Å². The molecule has 1 N–H and O–H groups in total. The van der Waals surface area contributed by atoms with Gasteiger partial charge >= 0.3 is 6.18 Å². The van der Waals surface area contributed by atoms with Crippen molar-refractivity contribution in [2.75, 3.05) is 6.54 Å². The van der Waals surface area contributed by atoms with E-state index in [0.717, 1.165) is 23.4 Å². The third-order valence-electron chi connectivity index (χ3n) is 3.85. The first-order valence-electron chi connectivity index (χ1n) is 6.90. The predicted octanol–water partition coefficient (Wildman–Crippen LogP) is 3.47. The van der Waals surface area contributed by atoms with E-state index in [0.29, 0.717) is 19.5 Å². The maximum atomic E-state index is 12.6. The molecule has 7 heteroatoms. The van der Waals surface area contributed by atoms with Crippen molar-refractivity contribution in [2.45, 2.75) is 31.3 Å². The minimum atomic E-state index is -4.33. The number of nitrogens with zero attached hydrogens (tertiary/aromatic N) is 2. The molecule has 3 rings (SSSR count). The molecule has 1 aromatic carbocycles. The molecule has 22 heavy (non-hydrogen) atoms. The SMILES string of the molecule is OC1CC(c2ccc(C(F)(F)F)cc2)N(Cc2cscn2)C1.